The van der Waals surface area contributed by atoms with Gasteiger partial charge in [-0.15, -0.1) is 0 Å². The Balaban J connectivity index is 2.11. The highest BCUT2D eigenvalue weighted by Gasteiger charge is 2.20. The predicted molar refractivity (Wildman–Crippen MR) is 49.9 cm³/mol. The van der Waals surface area contributed by atoms with Crippen LogP contribution in [0.2, 0.25) is 0 Å². The van der Waals surface area contributed by atoms with E-state index >= 15 is 0 Å². The van der Waals surface area contributed by atoms with Gasteiger partial charge in [-0.2, -0.15) is 0 Å². The molecule has 0 radical (unpaired) electrons. The molecule has 1 aliphatic carbocycles. The van der Waals surface area contributed by atoms with Crippen LogP contribution in [0.25, 0.3) is 0 Å². The predicted octanol–water partition coefficient (Wildman–Crippen LogP) is 0.228. The summed E-state index contributed by atoms with van der Waals surface area (Å²) in [4.78, 5) is 0. The fraction of sp³-hybridized carbons (Fsp3) is 1.00. The third-order valence-electron chi connectivity index (χ3n) is 2.56. The van der Waals surface area contributed by atoms with E-state index in [9.17, 15) is 0 Å². The van der Waals surface area contributed by atoms with Gasteiger partial charge in [0.05, 0.1) is 0 Å². The lowest BCUT2D eigenvalue weighted by molar-refractivity contribution is 0.271. The molecule has 0 bridgehead atoms. The van der Waals surface area contributed by atoms with Gasteiger partial charge in [-0.1, -0.05) is 12.8 Å². The van der Waals surface area contributed by atoms with E-state index in [4.69, 9.17) is 10.8 Å². The standard InChI is InChI=1S/C9H20N2O/c10-8-4-1-2-5-9(8)11-6-3-7-12/h8-9,11-12H,1-7,10H2. The summed E-state index contributed by atoms with van der Waals surface area (Å²) in [6, 6.07) is 0.822. The molecule has 0 aromatic carbocycles. The fourth-order valence-electron chi connectivity index (χ4n) is 1.78. The second-order valence-corrected chi connectivity index (χ2v) is 3.59. The van der Waals surface area contributed by atoms with Gasteiger partial charge in [0.2, 0.25) is 0 Å². The second kappa shape index (κ2) is 5.51. The van der Waals surface area contributed by atoms with E-state index in [2.05, 4.69) is 5.32 Å². The molecule has 2 unspecified atom stereocenters. The number of rotatable bonds is 4. The van der Waals surface area contributed by atoms with Gasteiger partial charge in [-0.25, -0.2) is 0 Å². The molecule has 4 N–H and O–H groups in total. The number of aliphatic hydroxyl groups is 1. The van der Waals surface area contributed by atoms with Crippen molar-refractivity contribution in [2.24, 2.45) is 5.73 Å². The molecule has 1 rings (SSSR count). The summed E-state index contributed by atoms with van der Waals surface area (Å²) < 4.78 is 0. The van der Waals surface area contributed by atoms with Gasteiger partial charge in [0.25, 0.3) is 0 Å². The zero-order valence-electron chi connectivity index (χ0n) is 7.63. The van der Waals surface area contributed by atoms with E-state index in [0.717, 1.165) is 19.4 Å². The van der Waals surface area contributed by atoms with Crippen LogP contribution in [0.5, 0.6) is 0 Å². The maximum absolute atomic E-state index is 8.59. The summed E-state index contributed by atoms with van der Waals surface area (Å²) in [6.45, 7) is 1.17. The van der Waals surface area contributed by atoms with Crippen molar-refractivity contribution in [3.8, 4) is 0 Å². The first-order valence-electron chi connectivity index (χ1n) is 4.94. The molecule has 3 heteroatoms. The average molecular weight is 172 g/mol. The van der Waals surface area contributed by atoms with E-state index < -0.39 is 0 Å². The molecule has 0 amide bonds. The van der Waals surface area contributed by atoms with Gasteiger partial charge in [-0.05, 0) is 25.8 Å². The lowest BCUT2D eigenvalue weighted by Crippen LogP contribution is -2.47. The minimum absolute atomic E-state index is 0.273. The summed E-state index contributed by atoms with van der Waals surface area (Å²) in [7, 11) is 0. The summed E-state index contributed by atoms with van der Waals surface area (Å²) in [5.74, 6) is 0. The van der Waals surface area contributed by atoms with E-state index in [-0.39, 0.29) is 6.61 Å². The van der Waals surface area contributed by atoms with E-state index in [1.54, 1.807) is 0 Å². The van der Waals surface area contributed by atoms with Gasteiger partial charge in [0.15, 0.2) is 0 Å². The van der Waals surface area contributed by atoms with Crippen molar-refractivity contribution < 1.29 is 5.11 Å². The van der Waals surface area contributed by atoms with Gasteiger partial charge in [-0.3, -0.25) is 0 Å². The van der Waals surface area contributed by atoms with Crippen molar-refractivity contribution in [1.29, 1.82) is 0 Å². The number of aliphatic hydroxyl groups excluding tert-OH is 1. The Kier molecular flexibility index (Phi) is 4.58. The zero-order valence-corrected chi connectivity index (χ0v) is 7.63. The normalized spacial score (nSPS) is 30.5. The Labute approximate surface area is 74.3 Å². The molecule has 1 aliphatic rings. The van der Waals surface area contributed by atoms with Gasteiger partial charge in [0.1, 0.15) is 0 Å². The number of nitrogens with one attached hydrogen (secondary N) is 1. The lowest BCUT2D eigenvalue weighted by Gasteiger charge is -2.29. The Bertz CT molecular complexity index is 119. The molecule has 0 aromatic heterocycles. The Morgan fingerprint density at radius 2 is 2.08 bits per heavy atom. The summed E-state index contributed by atoms with van der Waals surface area (Å²) in [5.41, 5.74) is 5.94. The first kappa shape index (κ1) is 9.96. The maximum atomic E-state index is 8.59. The quantitative estimate of drug-likeness (QED) is 0.532. The van der Waals surface area contributed by atoms with E-state index in [0.29, 0.717) is 12.1 Å². The van der Waals surface area contributed by atoms with Crippen LogP contribution in [0, 0.1) is 0 Å². The molecule has 72 valence electrons. The highest BCUT2D eigenvalue weighted by atomic mass is 16.3. The molecule has 0 heterocycles. The van der Waals surface area contributed by atoms with Crippen LogP contribution in [-0.4, -0.2) is 30.3 Å². The molecular weight excluding hydrogens is 152 g/mol. The topological polar surface area (TPSA) is 58.3 Å². The lowest BCUT2D eigenvalue weighted by atomic mass is 9.91. The third kappa shape index (κ3) is 3.09. The average Bonchev–Trinajstić information content (AvgIpc) is 2.09. The van der Waals surface area contributed by atoms with Crippen molar-refractivity contribution in [3.63, 3.8) is 0 Å². The number of nitrogens with two attached hydrogens (primary N) is 1. The molecule has 1 fully saturated rings. The number of hydrogen-bond donors (Lipinski definition) is 3. The van der Waals surface area contributed by atoms with Gasteiger partial charge in [0, 0.05) is 18.7 Å². The largest absolute Gasteiger partial charge is 0.396 e. The zero-order chi connectivity index (χ0) is 8.81. The van der Waals surface area contributed by atoms with Crippen molar-refractivity contribution in [2.75, 3.05) is 13.2 Å². The van der Waals surface area contributed by atoms with Crippen LogP contribution < -0.4 is 11.1 Å². The summed E-state index contributed by atoms with van der Waals surface area (Å²) in [6.07, 6.45) is 5.76. The Morgan fingerprint density at radius 1 is 1.33 bits per heavy atom. The van der Waals surface area contributed by atoms with Gasteiger partial charge >= 0.3 is 0 Å². The molecule has 0 aliphatic heterocycles. The highest BCUT2D eigenvalue weighted by Crippen LogP contribution is 2.16. The van der Waals surface area contributed by atoms with Crippen LogP contribution in [0.4, 0.5) is 0 Å². The molecule has 3 nitrogen and oxygen atoms in total. The smallest absolute Gasteiger partial charge is 0.0443 e. The fourth-order valence-corrected chi connectivity index (χ4v) is 1.78. The second-order valence-electron chi connectivity index (χ2n) is 3.59. The molecular formula is C9H20N2O. The van der Waals surface area contributed by atoms with Crippen molar-refractivity contribution >= 4 is 0 Å². The maximum Gasteiger partial charge on any atom is 0.0443 e. The molecule has 0 aromatic rings. The SMILES string of the molecule is NC1CCCCC1NCCCO. The van der Waals surface area contributed by atoms with Crippen LogP contribution in [-0.2, 0) is 0 Å². The van der Waals surface area contributed by atoms with Crippen molar-refractivity contribution in [3.05, 3.63) is 0 Å². The van der Waals surface area contributed by atoms with Crippen molar-refractivity contribution in [1.82, 2.24) is 5.32 Å². The Morgan fingerprint density at radius 3 is 2.75 bits per heavy atom. The van der Waals surface area contributed by atoms with Gasteiger partial charge < -0.3 is 16.2 Å². The summed E-state index contributed by atoms with van der Waals surface area (Å²) >= 11 is 0. The van der Waals surface area contributed by atoms with Crippen molar-refractivity contribution in [2.45, 2.75) is 44.2 Å². The van der Waals surface area contributed by atoms with Crippen LogP contribution >= 0.6 is 0 Å². The minimum atomic E-state index is 0.273. The first-order valence-corrected chi connectivity index (χ1v) is 4.94. The molecule has 12 heavy (non-hydrogen) atoms. The molecule has 0 spiro atoms. The molecule has 1 saturated carbocycles. The highest BCUT2D eigenvalue weighted by molar-refractivity contribution is 4.83. The third-order valence-corrected chi connectivity index (χ3v) is 2.56. The molecule has 0 saturated heterocycles. The van der Waals surface area contributed by atoms with E-state index in [1.807, 2.05) is 0 Å². The van der Waals surface area contributed by atoms with Crippen LogP contribution in [0.1, 0.15) is 32.1 Å². The first-order chi connectivity index (χ1) is 5.84. The number of hydrogen-bond acceptors (Lipinski definition) is 3. The molecule has 2 atom stereocenters. The van der Waals surface area contributed by atoms with Crippen LogP contribution in [0.3, 0.4) is 0 Å². The van der Waals surface area contributed by atoms with Crippen LogP contribution in [0.15, 0.2) is 0 Å². The minimum Gasteiger partial charge on any atom is -0.396 e. The summed E-state index contributed by atoms with van der Waals surface area (Å²) in [5, 5.41) is 12.0. The van der Waals surface area contributed by atoms with E-state index in [1.165, 1.54) is 19.3 Å². The monoisotopic (exact) mass is 172 g/mol. The Hall–Kier alpha value is -0.120.